The highest BCUT2D eigenvalue weighted by molar-refractivity contribution is 7.19. The van der Waals surface area contributed by atoms with Crippen LogP contribution in [0.1, 0.15) is 5.56 Å². The first-order valence-corrected chi connectivity index (χ1v) is 5.18. The smallest absolute Gasteiger partial charge is 0.182 e. The Kier molecular flexibility index (Phi) is 2.32. The maximum absolute atomic E-state index is 13.0. The molecule has 0 spiro atoms. The fraction of sp³-hybridized carbons (Fsp3) is 0.100. The van der Waals surface area contributed by atoms with Gasteiger partial charge in [-0.15, -0.1) is 0 Å². The number of hydrogen-bond donors (Lipinski definition) is 2. The highest BCUT2D eigenvalue weighted by atomic mass is 32.1. The largest absolute Gasteiger partial charge is 0.389 e. The van der Waals surface area contributed by atoms with Crippen LogP contribution in [0.3, 0.4) is 0 Å². The van der Waals surface area contributed by atoms with Gasteiger partial charge in [0.1, 0.15) is 16.5 Å². The number of aromatic nitrogens is 1. The van der Waals surface area contributed by atoms with Crippen LogP contribution in [-0.2, 0) is 0 Å². The van der Waals surface area contributed by atoms with Crippen LogP contribution >= 0.6 is 11.3 Å². The van der Waals surface area contributed by atoms with E-state index in [1.807, 2.05) is 0 Å². The zero-order valence-corrected chi connectivity index (χ0v) is 8.94. The minimum absolute atomic E-state index is 0.236. The number of aryl methyl sites for hydroxylation is 1. The van der Waals surface area contributed by atoms with Crippen LogP contribution in [0.4, 0.5) is 14.5 Å². The van der Waals surface area contributed by atoms with Crippen LogP contribution in [0.2, 0.25) is 0 Å². The number of nitrogens with zero attached hydrogens (tertiary/aromatic N) is 1. The Morgan fingerprint density at radius 1 is 1.33 bits per heavy atom. The lowest BCUT2D eigenvalue weighted by Gasteiger charge is -2.01. The van der Waals surface area contributed by atoms with Crippen molar-refractivity contribution in [3.8, 4) is 11.3 Å². The summed E-state index contributed by atoms with van der Waals surface area (Å²) < 4.78 is 13.0. The van der Waals surface area contributed by atoms with E-state index in [1.165, 1.54) is 17.4 Å². The topological polar surface area (TPSA) is 64.9 Å². The minimum atomic E-state index is -0.236. The van der Waals surface area contributed by atoms with Crippen molar-refractivity contribution in [1.82, 2.24) is 4.98 Å². The van der Waals surface area contributed by atoms with E-state index in [4.69, 9.17) is 11.5 Å². The molecule has 5 heteroatoms. The molecule has 0 bridgehead atoms. The van der Waals surface area contributed by atoms with E-state index in [2.05, 4.69) is 4.98 Å². The summed E-state index contributed by atoms with van der Waals surface area (Å²) in [4.78, 5) is 4.10. The van der Waals surface area contributed by atoms with E-state index in [1.54, 1.807) is 19.1 Å². The molecule has 0 aliphatic heterocycles. The Balaban J connectivity index is 2.54. The monoisotopic (exact) mass is 223 g/mol. The molecule has 0 aliphatic rings. The van der Waals surface area contributed by atoms with Crippen molar-refractivity contribution in [2.75, 3.05) is 11.5 Å². The average Bonchev–Trinajstić information content (AvgIpc) is 2.50. The van der Waals surface area contributed by atoms with Gasteiger partial charge in [0, 0.05) is 5.56 Å². The molecule has 78 valence electrons. The molecule has 0 saturated carbocycles. The number of nitrogens with two attached hydrogens (primary N) is 2. The van der Waals surface area contributed by atoms with Crippen molar-refractivity contribution in [3.63, 3.8) is 0 Å². The van der Waals surface area contributed by atoms with Crippen molar-refractivity contribution in [1.29, 1.82) is 0 Å². The maximum atomic E-state index is 13.0. The van der Waals surface area contributed by atoms with Gasteiger partial charge in [-0.25, -0.2) is 9.37 Å². The van der Waals surface area contributed by atoms with Crippen LogP contribution in [-0.4, -0.2) is 4.98 Å². The van der Waals surface area contributed by atoms with Gasteiger partial charge in [-0.1, -0.05) is 11.3 Å². The lowest BCUT2D eigenvalue weighted by atomic mass is 10.1. The molecule has 1 heterocycles. The Morgan fingerprint density at radius 2 is 2.07 bits per heavy atom. The van der Waals surface area contributed by atoms with Crippen LogP contribution in [0, 0.1) is 12.7 Å². The van der Waals surface area contributed by atoms with Gasteiger partial charge >= 0.3 is 0 Å². The Labute approximate surface area is 90.6 Å². The second-order valence-corrected chi connectivity index (χ2v) is 4.29. The lowest BCUT2D eigenvalue weighted by molar-refractivity contribution is 0.619. The van der Waals surface area contributed by atoms with E-state index < -0.39 is 0 Å². The fourth-order valence-electron chi connectivity index (χ4n) is 1.35. The quantitative estimate of drug-likeness (QED) is 0.780. The summed E-state index contributed by atoms with van der Waals surface area (Å²) in [5, 5.41) is 0.975. The molecule has 2 rings (SSSR count). The van der Waals surface area contributed by atoms with Gasteiger partial charge in [0.25, 0.3) is 0 Å². The number of nitrogen functional groups attached to an aromatic ring is 2. The van der Waals surface area contributed by atoms with E-state index in [0.29, 0.717) is 21.4 Å². The van der Waals surface area contributed by atoms with Crippen molar-refractivity contribution in [2.45, 2.75) is 6.92 Å². The first-order chi connectivity index (χ1) is 7.08. The number of rotatable bonds is 1. The third-order valence-corrected chi connectivity index (χ3v) is 2.81. The van der Waals surface area contributed by atoms with Crippen LogP contribution in [0.25, 0.3) is 11.3 Å². The van der Waals surface area contributed by atoms with Gasteiger partial charge < -0.3 is 11.5 Å². The summed E-state index contributed by atoms with van der Waals surface area (Å²) in [6.07, 6.45) is 0. The van der Waals surface area contributed by atoms with E-state index in [-0.39, 0.29) is 5.82 Å². The predicted molar refractivity (Wildman–Crippen MR) is 61.1 cm³/mol. The molecular weight excluding hydrogens is 213 g/mol. The van der Waals surface area contributed by atoms with Gasteiger partial charge in [0.2, 0.25) is 0 Å². The number of halogens is 1. The SMILES string of the molecule is Cc1cc(-c2nc(N)sc2N)ccc1F. The predicted octanol–water partition coefficient (Wildman–Crippen LogP) is 2.42. The van der Waals surface area contributed by atoms with Crippen molar-refractivity contribution >= 4 is 21.5 Å². The summed E-state index contributed by atoms with van der Waals surface area (Å²) in [5.41, 5.74) is 13.3. The number of anilines is 2. The minimum Gasteiger partial charge on any atom is -0.389 e. The average molecular weight is 223 g/mol. The molecule has 2 aromatic rings. The van der Waals surface area contributed by atoms with Gasteiger partial charge in [-0.2, -0.15) is 0 Å². The molecule has 1 aromatic heterocycles. The number of thiazole rings is 1. The Morgan fingerprint density at radius 3 is 2.60 bits per heavy atom. The zero-order chi connectivity index (χ0) is 11.0. The third kappa shape index (κ3) is 1.78. The van der Waals surface area contributed by atoms with Crippen molar-refractivity contribution < 1.29 is 4.39 Å². The summed E-state index contributed by atoms with van der Waals surface area (Å²) in [6, 6.07) is 4.76. The summed E-state index contributed by atoms with van der Waals surface area (Å²) in [5.74, 6) is -0.236. The molecule has 4 N–H and O–H groups in total. The second kappa shape index (κ2) is 3.51. The Bertz CT molecular complexity index is 507. The molecule has 0 atom stereocenters. The summed E-state index contributed by atoms with van der Waals surface area (Å²) in [7, 11) is 0. The molecule has 15 heavy (non-hydrogen) atoms. The van der Waals surface area contributed by atoms with Gasteiger partial charge in [-0.3, -0.25) is 0 Å². The molecule has 0 fully saturated rings. The highest BCUT2D eigenvalue weighted by Gasteiger charge is 2.09. The van der Waals surface area contributed by atoms with E-state index >= 15 is 0 Å². The zero-order valence-electron chi connectivity index (χ0n) is 8.12. The lowest BCUT2D eigenvalue weighted by Crippen LogP contribution is -1.89. The molecule has 0 unspecified atom stereocenters. The molecule has 0 aliphatic carbocycles. The molecule has 0 radical (unpaired) electrons. The Hall–Kier alpha value is -1.62. The van der Waals surface area contributed by atoms with Crippen LogP contribution in [0.5, 0.6) is 0 Å². The van der Waals surface area contributed by atoms with E-state index in [0.717, 1.165) is 5.56 Å². The second-order valence-electron chi connectivity index (χ2n) is 3.23. The standard InChI is InChI=1S/C10H10FN3S/c1-5-4-6(2-3-7(5)11)8-9(12)15-10(13)14-8/h2-4H,12H2,1H3,(H2,13,14). The molecule has 3 nitrogen and oxygen atoms in total. The third-order valence-electron chi connectivity index (χ3n) is 2.10. The maximum Gasteiger partial charge on any atom is 0.182 e. The summed E-state index contributed by atoms with van der Waals surface area (Å²) in [6.45, 7) is 1.70. The summed E-state index contributed by atoms with van der Waals surface area (Å²) >= 11 is 1.22. The fourth-order valence-corrected chi connectivity index (χ4v) is 1.97. The van der Waals surface area contributed by atoms with Crippen LogP contribution < -0.4 is 11.5 Å². The first-order valence-electron chi connectivity index (χ1n) is 4.36. The molecular formula is C10H10FN3S. The van der Waals surface area contributed by atoms with E-state index in [9.17, 15) is 4.39 Å². The number of hydrogen-bond acceptors (Lipinski definition) is 4. The normalized spacial score (nSPS) is 10.5. The van der Waals surface area contributed by atoms with Crippen LogP contribution in [0.15, 0.2) is 18.2 Å². The van der Waals surface area contributed by atoms with Crippen molar-refractivity contribution in [2.24, 2.45) is 0 Å². The molecule has 0 saturated heterocycles. The van der Waals surface area contributed by atoms with Gasteiger partial charge in [0.15, 0.2) is 5.13 Å². The van der Waals surface area contributed by atoms with Crippen molar-refractivity contribution in [3.05, 3.63) is 29.6 Å². The first kappa shape index (κ1) is 9.92. The van der Waals surface area contributed by atoms with Gasteiger partial charge in [0.05, 0.1) is 0 Å². The number of benzene rings is 1. The van der Waals surface area contributed by atoms with Gasteiger partial charge in [-0.05, 0) is 30.7 Å². The highest BCUT2D eigenvalue weighted by Crippen LogP contribution is 2.32. The molecule has 0 amide bonds. The molecule has 1 aromatic carbocycles.